The van der Waals surface area contributed by atoms with E-state index in [9.17, 15) is 14.4 Å². The van der Waals surface area contributed by atoms with Gasteiger partial charge in [0.05, 0.1) is 6.61 Å². The number of carboxylic acid groups (broad SMARTS) is 1. The molecule has 0 rings (SSSR count). The van der Waals surface area contributed by atoms with Crippen LogP contribution in [-0.4, -0.2) is 29.4 Å². The van der Waals surface area contributed by atoms with Crippen LogP contribution >= 0.6 is 0 Å². The highest BCUT2D eigenvalue weighted by molar-refractivity contribution is 5.99. The normalized spacial score (nSPS) is 12.9. The number of carbonyl (C=O) groups excluding carboxylic acids is 2. The first-order chi connectivity index (χ1) is 8.43. The second-order valence-electron chi connectivity index (χ2n) is 3.74. The van der Waals surface area contributed by atoms with E-state index in [1.54, 1.807) is 6.92 Å². The Morgan fingerprint density at radius 2 is 1.94 bits per heavy atom. The van der Waals surface area contributed by atoms with Crippen LogP contribution in [0, 0.1) is 5.92 Å². The molecule has 18 heavy (non-hydrogen) atoms. The number of aliphatic carboxylic acids is 1. The van der Waals surface area contributed by atoms with Crippen LogP contribution in [0.3, 0.4) is 0 Å². The number of hydrogen-bond donors (Lipinski definition) is 2. The fourth-order valence-corrected chi connectivity index (χ4v) is 1.30. The summed E-state index contributed by atoms with van der Waals surface area (Å²) in [7, 11) is 0. The van der Waals surface area contributed by atoms with E-state index in [0.717, 1.165) is 12.5 Å². The molecule has 0 aromatic carbocycles. The van der Waals surface area contributed by atoms with E-state index in [-0.39, 0.29) is 24.5 Å². The number of carboxylic acids is 1. The van der Waals surface area contributed by atoms with Crippen molar-refractivity contribution in [1.29, 1.82) is 0 Å². The average molecular weight is 257 g/mol. The molecule has 0 aliphatic heterocycles. The van der Waals surface area contributed by atoms with Gasteiger partial charge in [-0.05, 0) is 13.3 Å². The lowest BCUT2D eigenvalue weighted by Crippen LogP contribution is -2.31. The Hall–Kier alpha value is -1.85. The molecule has 0 fully saturated rings. The van der Waals surface area contributed by atoms with Gasteiger partial charge in [0, 0.05) is 18.2 Å². The summed E-state index contributed by atoms with van der Waals surface area (Å²) in [6.45, 7) is 3.54. The smallest absolute Gasteiger partial charge is 0.326 e. The molecule has 0 amide bonds. The van der Waals surface area contributed by atoms with E-state index >= 15 is 0 Å². The maximum absolute atomic E-state index is 11.4. The van der Waals surface area contributed by atoms with Gasteiger partial charge in [-0.2, -0.15) is 0 Å². The van der Waals surface area contributed by atoms with Gasteiger partial charge in [-0.3, -0.25) is 14.4 Å². The molecule has 0 aliphatic carbocycles. The molecule has 0 heterocycles. The zero-order valence-corrected chi connectivity index (χ0v) is 10.6. The number of carbonyl (C=O) groups is 3. The Morgan fingerprint density at radius 3 is 2.39 bits per heavy atom. The zero-order valence-electron chi connectivity index (χ0n) is 10.6. The minimum atomic E-state index is -1.62. The summed E-state index contributed by atoms with van der Waals surface area (Å²) in [4.78, 5) is 33.7. The van der Waals surface area contributed by atoms with Gasteiger partial charge in [-0.25, -0.2) is 0 Å². The molecule has 0 aromatic heterocycles. The van der Waals surface area contributed by atoms with Crippen LogP contribution in [-0.2, 0) is 19.1 Å². The molecule has 6 nitrogen and oxygen atoms in total. The number of ketones is 1. The first kappa shape index (κ1) is 16.1. The van der Waals surface area contributed by atoms with Crippen LogP contribution in [0.5, 0.6) is 0 Å². The quantitative estimate of drug-likeness (QED) is 0.379. The lowest BCUT2D eigenvalue weighted by atomic mass is 10.0. The van der Waals surface area contributed by atoms with Crippen molar-refractivity contribution in [1.82, 2.24) is 0 Å². The van der Waals surface area contributed by atoms with Crippen LogP contribution in [0.2, 0.25) is 0 Å². The fraction of sp³-hybridized carbons (Fsp3) is 0.583. The third-order valence-corrected chi connectivity index (χ3v) is 2.21. The Morgan fingerprint density at radius 1 is 1.33 bits per heavy atom. The lowest BCUT2D eigenvalue weighted by Gasteiger charge is -2.11. The first-order valence-electron chi connectivity index (χ1n) is 5.83. The average Bonchev–Trinajstić information content (AvgIpc) is 2.26. The molecule has 0 saturated heterocycles. The van der Waals surface area contributed by atoms with Crippen LogP contribution in [0.25, 0.3) is 0 Å². The molecule has 1 unspecified atom stereocenters. The third kappa shape index (κ3) is 5.47. The molecule has 0 saturated carbocycles. The molecule has 0 aliphatic rings. The molecule has 0 bridgehead atoms. The molecule has 6 heteroatoms. The van der Waals surface area contributed by atoms with Crippen molar-refractivity contribution >= 4 is 17.7 Å². The van der Waals surface area contributed by atoms with Crippen molar-refractivity contribution in [2.75, 3.05) is 6.61 Å². The largest absolute Gasteiger partial charge is 0.480 e. The van der Waals surface area contributed by atoms with E-state index in [4.69, 9.17) is 10.8 Å². The van der Waals surface area contributed by atoms with Gasteiger partial charge in [-0.15, -0.1) is 0 Å². The minimum absolute atomic E-state index is 0.0552. The number of allylic oxidation sites excluding steroid dienone is 1. The number of esters is 1. The summed E-state index contributed by atoms with van der Waals surface area (Å²) in [6, 6.07) is 0. The van der Waals surface area contributed by atoms with Crippen LogP contribution < -0.4 is 5.73 Å². The van der Waals surface area contributed by atoms with Gasteiger partial charge < -0.3 is 15.6 Å². The minimum Gasteiger partial charge on any atom is -0.480 e. The van der Waals surface area contributed by atoms with Gasteiger partial charge in [0.2, 0.25) is 0 Å². The van der Waals surface area contributed by atoms with Crippen molar-refractivity contribution in [3.05, 3.63) is 11.8 Å². The highest BCUT2D eigenvalue weighted by Gasteiger charge is 2.30. The number of rotatable bonds is 8. The Labute approximate surface area is 106 Å². The van der Waals surface area contributed by atoms with E-state index in [2.05, 4.69) is 4.74 Å². The Balaban J connectivity index is 4.80. The fourth-order valence-electron chi connectivity index (χ4n) is 1.30. The number of nitrogens with two attached hydrogens (primary N) is 1. The highest BCUT2D eigenvalue weighted by atomic mass is 16.5. The van der Waals surface area contributed by atoms with E-state index in [1.165, 1.54) is 0 Å². The van der Waals surface area contributed by atoms with Gasteiger partial charge in [-0.1, -0.05) is 13.3 Å². The summed E-state index contributed by atoms with van der Waals surface area (Å²) in [6.07, 6.45) is 2.83. The van der Waals surface area contributed by atoms with Crippen LogP contribution in [0.15, 0.2) is 11.8 Å². The predicted molar refractivity (Wildman–Crippen MR) is 64.6 cm³/mol. The second-order valence-corrected chi connectivity index (χ2v) is 3.74. The SMILES string of the molecule is CCCCC(=O)C=C(N)C(C(=O)O)C(=O)OCC. The third-order valence-electron chi connectivity index (χ3n) is 2.21. The molecular weight excluding hydrogens is 238 g/mol. The zero-order chi connectivity index (χ0) is 14.1. The maximum Gasteiger partial charge on any atom is 0.326 e. The molecule has 0 aromatic rings. The van der Waals surface area contributed by atoms with E-state index in [1.807, 2.05) is 6.92 Å². The van der Waals surface area contributed by atoms with E-state index in [0.29, 0.717) is 6.42 Å². The number of ether oxygens (including phenoxy) is 1. The summed E-state index contributed by atoms with van der Waals surface area (Å²) in [5.41, 5.74) is 5.19. The van der Waals surface area contributed by atoms with Gasteiger partial charge >= 0.3 is 11.9 Å². The first-order valence-corrected chi connectivity index (χ1v) is 5.83. The second kappa shape index (κ2) is 8.27. The van der Waals surface area contributed by atoms with Crippen LogP contribution in [0.1, 0.15) is 33.1 Å². The summed E-state index contributed by atoms with van der Waals surface area (Å²) in [5, 5.41) is 8.90. The summed E-state index contributed by atoms with van der Waals surface area (Å²) >= 11 is 0. The Bertz CT molecular complexity index is 348. The number of unbranched alkanes of at least 4 members (excludes halogenated alkanes) is 1. The van der Waals surface area contributed by atoms with Crippen LogP contribution in [0.4, 0.5) is 0 Å². The molecular formula is C12H19NO5. The number of hydrogen-bond acceptors (Lipinski definition) is 5. The van der Waals surface area contributed by atoms with Gasteiger partial charge in [0.1, 0.15) is 0 Å². The lowest BCUT2D eigenvalue weighted by molar-refractivity contribution is -0.156. The van der Waals surface area contributed by atoms with Gasteiger partial charge in [0.15, 0.2) is 11.7 Å². The molecule has 3 N–H and O–H groups in total. The standard InChI is InChI=1S/C12H19NO5/c1-3-5-6-8(14)7-9(13)10(11(15)16)12(17)18-4-2/h7,10H,3-6,13H2,1-2H3,(H,15,16). The van der Waals surface area contributed by atoms with Crippen molar-refractivity contribution in [3.8, 4) is 0 Å². The molecule has 102 valence electrons. The topological polar surface area (TPSA) is 107 Å². The molecule has 0 spiro atoms. The van der Waals surface area contributed by atoms with Crippen molar-refractivity contribution in [2.45, 2.75) is 33.1 Å². The van der Waals surface area contributed by atoms with Crippen molar-refractivity contribution in [3.63, 3.8) is 0 Å². The van der Waals surface area contributed by atoms with Crippen molar-refractivity contribution < 1.29 is 24.2 Å². The Kier molecular flexibility index (Phi) is 7.42. The monoisotopic (exact) mass is 257 g/mol. The molecule has 1 atom stereocenters. The maximum atomic E-state index is 11.4. The van der Waals surface area contributed by atoms with E-state index < -0.39 is 17.9 Å². The molecule has 0 radical (unpaired) electrons. The predicted octanol–water partition coefficient (Wildman–Crippen LogP) is 0.852. The summed E-state index contributed by atoms with van der Waals surface area (Å²) in [5.74, 6) is -4.28. The summed E-state index contributed by atoms with van der Waals surface area (Å²) < 4.78 is 4.60. The highest BCUT2D eigenvalue weighted by Crippen LogP contribution is 2.10. The van der Waals surface area contributed by atoms with Crippen molar-refractivity contribution in [2.24, 2.45) is 11.7 Å². The van der Waals surface area contributed by atoms with Gasteiger partial charge in [0.25, 0.3) is 0 Å².